The smallest absolute Gasteiger partial charge is 0.339 e. The molecule has 0 radical (unpaired) electrons. The Balaban J connectivity index is 1.99. The fourth-order valence-corrected chi connectivity index (χ4v) is 1.95. The third kappa shape index (κ3) is 5.43. The number of rotatable bonds is 6. The molecule has 0 amide bonds. The molecule has 0 aliphatic carbocycles. The largest absolute Gasteiger partial charge is 0.426 e. The fraction of sp³-hybridized carbons (Fsp3) is 0.158. The van der Waals surface area contributed by atoms with Crippen molar-refractivity contribution in [1.82, 2.24) is 0 Å². The van der Waals surface area contributed by atoms with E-state index in [0.717, 1.165) is 0 Å². The molecule has 4 nitrogen and oxygen atoms in total. The van der Waals surface area contributed by atoms with Crippen LogP contribution >= 0.6 is 0 Å². The Bertz CT molecular complexity index is 675. The maximum absolute atomic E-state index is 12.2. The van der Waals surface area contributed by atoms with E-state index in [1.807, 2.05) is 19.1 Å². The third-order valence-electron chi connectivity index (χ3n) is 2.98. The summed E-state index contributed by atoms with van der Waals surface area (Å²) in [5.41, 5.74) is 0.289. The van der Waals surface area contributed by atoms with Crippen LogP contribution in [-0.4, -0.2) is 11.9 Å². The molecule has 2 aromatic rings. The van der Waals surface area contributed by atoms with Crippen LogP contribution in [-0.2, 0) is 9.59 Å². The molecule has 0 aliphatic heterocycles. The molecule has 0 saturated carbocycles. The Morgan fingerprint density at radius 1 is 0.870 bits per heavy atom. The van der Waals surface area contributed by atoms with Crippen molar-refractivity contribution < 1.29 is 19.1 Å². The van der Waals surface area contributed by atoms with Crippen molar-refractivity contribution in [2.24, 2.45) is 0 Å². The van der Waals surface area contributed by atoms with Crippen molar-refractivity contribution >= 4 is 11.9 Å². The molecule has 0 bridgehead atoms. The molecule has 23 heavy (non-hydrogen) atoms. The van der Waals surface area contributed by atoms with Gasteiger partial charge in [0.15, 0.2) is 0 Å². The normalized spacial score (nSPS) is 10.9. The van der Waals surface area contributed by atoms with Gasteiger partial charge in [-0.3, -0.25) is 4.79 Å². The SMILES string of the molecule is CCC=C(CC(=O)Oc1ccccc1)C(=O)Oc1ccccc1. The predicted octanol–water partition coefficient (Wildman–Crippen LogP) is 3.92. The monoisotopic (exact) mass is 310 g/mol. The maximum atomic E-state index is 12.2. The van der Waals surface area contributed by atoms with E-state index in [1.54, 1.807) is 54.6 Å². The molecule has 0 aromatic heterocycles. The van der Waals surface area contributed by atoms with Crippen molar-refractivity contribution in [2.75, 3.05) is 0 Å². The van der Waals surface area contributed by atoms with Gasteiger partial charge < -0.3 is 9.47 Å². The Morgan fingerprint density at radius 2 is 1.39 bits per heavy atom. The highest BCUT2D eigenvalue weighted by Gasteiger charge is 2.17. The van der Waals surface area contributed by atoms with Gasteiger partial charge in [-0.05, 0) is 30.7 Å². The van der Waals surface area contributed by atoms with Crippen LogP contribution in [0.4, 0.5) is 0 Å². The minimum atomic E-state index is -0.539. The quantitative estimate of drug-likeness (QED) is 0.461. The van der Waals surface area contributed by atoms with Crippen molar-refractivity contribution in [2.45, 2.75) is 19.8 Å². The number of allylic oxidation sites excluding steroid dienone is 1. The van der Waals surface area contributed by atoms with E-state index in [-0.39, 0.29) is 12.0 Å². The van der Waals surface area contributed by atoms with Crippen LogP contribution in [0.1, 0.15) is 19.8 Å². The van der Waals surface area contributed by atoms with Crippen LogP contribution in [0.15, 0.2) is 72.3 Å². The zero-order chi connectivity index (χ0) is 16.5. The van der Waals surface area contributed by atoms with Gasteiger partial charge in [-0.1, -0.05) is 49.4 Å². The van der Waals surface area contributed by atoms with Gasteiger partial charge in [0.25, 0.3) is 0 Å². The first kappa shape index (κ1) is 16.5. The minimum absolute atomic E-state index is 0.131. The Morgan fingerprint density at radius 3 is 1.91 bits per heavy atom. The summed E-state index contributed by atoms with van der Waals surface area (Å²) in [5.74, 6) is -0.148. The first-order chi connectivity index (χ1) is 11.2. The highest BCUT2D eigenvalue weighted by atomic mass is 16.5. The number of hydrogen-bond acceptors (Lipinski definition) is 4. The third-order valence-corrected chi connectivity index (χ3v) is 2.98. The molecule has 0 unspecified atom stereocenters. The lowest BCUT2D eigenvalue weighted by Gasteiger charge is -2.08. The van der Waals surface area contributed by atoms with Crippen LogP contribution in [0.25, 0.3) is 0 Å². The molecule has 4 heteroatoms. The lowest BCUT2D eigenvalue weighted by molar-refractivity contribution is -0.136. The van der Waals surface area contributed by atoms with Gasteiger partial charge in [-0.2, -0.15) is 0 Å². The zero-order valence-electron chi connectivity index (χ0n) is 12.9. The zero-order valence-corrected chi connectivity index (χ0v) is 12.9. The summed E-state index contributed by atoms with van der Waals surface area (Å²) in [6, 6.07) is 17.5. The molecular weight excluding hydrogens is 292 g/mol. The number of esters is 2. The number of carbonyl (C=O) groups is 2. The molecule has 2 rings (SSSR count). The summed E-state index contributed by atoms with van der Waals surface area (Å²) >= 11 is 0. The van der Waals surface area contributed by atoms with E-state index in [0.29, 0.717) is 17.9 Å². The average molecular weight is 310 g/mol. The lowest BCUT2D eigenvalue weighted by Crippen LogP contribution is -2.17. The number of hydrogen-bond donors (Lipinski definition) is 0. The molecule has 0 heterocycles. The van der Waals surface area contributed by atoms with Crippen molar-refractivity contribution in [1.29, 1.82) is 0 Å². The van der Waals surface area contributed by atoms with Crippen molar-refractivity contribution in [3.63, 3.8) is 0 Å². The molecule has 0 saturated heterocycles. The second-order valence-electron chi connectivity index (χ2n) is 4.80. The van der Waals surface area contributed by atoms with Gasteiger partial charge in [0.05, 0.1) is 6.42 Å². The van der Waals surface area contributed by atoms with Gasteiger partial charge in [-0.15, -0.1) is 0 Å². The Hall–Kier alpha value is -2.88. The highest BCUT2D eigenvalue weighted by Crippen LogP contribution is 2.15. The van der Waals surface area contributed by atoms with Gasteiger partial charge in [0, 0.05) is 5.57 Å². The second-order valence-corrected chi connectivity index (χ2v) is 4.80. The molecule has 0 atom stereocenters. The number of para-hydroxylation sites is 2. The first-order valence-electron chi connectivity index (χ1n) is 7.41. The van der Waals surface area contributed by atoms with E-state index in [9.17, 15) is 9.59 Å². The number of carbonyl (C=O) groups excluding carboxylic acids is 2. The van der Waals surface area contributed by atoms with Crippen LogP contribution < -0.4 is 9.47 Å². The minimum Gasteiger partial charge on any atom is -0.426 e. The summed E-state index contributed by atoms with van der Waals surface area (Å²) in [6.07, 6.45) is 2.17. The van der Waals surface area contributed by atoms with Crippen LogP contribution in [0, 0.1) is 0 Å². The van der Waals surface area contributed by atoms with E-state index >= 15 is 0 Å². The molecular formula is C19H18O4. The van der Waals surface area contributed by atoms with E-state index in [1.165, 1.54) is 0 Å². The second kappa shape index (κ2) is 8.54. The van der Waals surface area contributed by atoms with Crippen LogP contribution in [0.2, 0.25) is 0 Å². The summed E-state index contributed by atoms with van der Waals surface area (Å²) in [4.78, 5) is 24.2. The van der Waals surface area contributed by atoms with Crippen LogP contribution in [0.5, 0.6) is 11.5 Å². The van der Waals surface area contributed by atoms with Gasteiger partial charge >= 0.3 is 11.9 Å². The van der Waals surface area contributed by atoms with E-state index < -0.39 is 11.9 Å². The Labute approximate surface area is 135 Å². The summed E-state index contributed by atoms with van der Waals surface area (Å²) < 4.78 is 10.5. The predicted molar refractivity (Wildman–Crippen MR) is 87.1 cm³/mol. The molecule has 0 fully saturated rings. The summed E-state index contributed by atoms with van der Waals surface area (Å²) in [7, 11) is 0. The average Bonchev–Trinajstić information content (AvgIpc) is 2.56. The van der Waals surface area contributed by atoms with E-state index in [4.69, 9.17) is 9.47 Å². The Kier molecular flexibility index (Phi) is 6.12. The van der Waals surface area contributed by atoms with Gasteiger partial charge in [0.2, 0.25) is 0 Å². The summed E-state index contributed by atoms with van der Waals surface area (Å²) in [5, 5.41) is 0. The molecule has 0 N–H and O–H groups in total. The fourth-order valence-electron chi connectivity index (χ4n) is 1.95. The summed E-state index contributed by atoms with van der Waals surface area (Å²) in [6.45, 7) is 1.89. The number of benzene rings is 2. The maximum Gasteiger partial charge on any atom is 0.339 e. The molecule has 0 aliphatic rings. The molecule has 0 spiro atoms. The molecule has 118 valence electrons. The number of ether oxygens (including phenoxy) is 2. The first-order valence-corrected chi connectivity index (χ1v) is 7.41. The standard InChI is InChI=1S/C19H18O4/c1-2-9-15(19(21)23-17-12-7-4-8-13-17)14-18(20)22-16-10-5-3-6-11-16/h3-13H,2,14H2,1H3. The topological polar surface area (TPSA) is 52.6 Å². The lowest BCUT2D eigenvalue weighted by atomic mass is 10.1. The highest BCUT2D eigenvalue weighted by molar-refractivity contribution is 5.95. The van der Waals surface area contributed by atoms with Crippen molar-refractivity contribution in [3.8, 4) is 11.5 Å². The van der Waals surface area contributed by atoms with Crippen LogP contribution in [0.3, 0.4) is 0 Å². The van der Waals surface area contributed by atoms with E-state index in [2.05, 4.69) is 0 Å². The molecule has 2 aromatic carbocycles. The van der Waals surface area contributed by atoms with Gasteiger partial charge in [0.1, 0.15) is 11.5 Å². The van der Waals surface area contributed by atoms with Crippen molar-refractivity contribution in [3.05, 3.63) is 72.3 Å². The van der Waals surface area contributed by atoms with Gasteiger partial charge in [-0.25, -0.2) is 4.79 Å².